The van der Waals surface area contributed by atoms with Crippen molar-refractivity contribution < 1.29 is 0 Å². The van der Waals surface area contributed by atoms with Crippen molar-refractivity contribution in [3.05, 3.63) is 0 Å². The molecule has 0 amide bonds. The predicted molar refractivity (Wildman–Crippen MR) is 90.0 cm³/mol. The Kier molecular flexibility index (Phi) is 14.8. The lowest BCUT2D eigenvalue weighted by atomic mass is 10.1. The molecule has 18 heavy (non-hydrogen) atoms. The van der Waals surface area contributed by atoms with Gasteiger partial charge < -0.3 is 0 Å². The van der Waals surface area contributed by atoms with Crippen molar-refractivity contribution in [3.8, 4) is 0 Å². The van der Waals surface area contributed by atoms with Crippen molar-refractivity contribution in [2.45, 2.75) is 88.6 Å². The van der Waals surface area contributed by atoms with Gasteiger partial charge >= 0.3 is 0 Å². The lowest BCUT2D eigenvalue weighted by molar-refractivity contribution is 0.581. The summed E-state index contributed by atoms with van der Waals surface area (Å²) in [7, 11) is 0.267. The van der Waals surface area contributed by atoms with Crippen molar-refractivity contribution in [2.24, 2.45) is 5.92 Å². The van der Waals surface area contributed by atoms with Crippen molar-refractivity contribution >= 4 is 32.7 Å². The highest BCUT2D eigenvalue weighted by Gasteiger charge is 1.99. The molecule has 0 aliphatic rings. The van der Waals surface area contributed by atoms with Crippen molar-refractivity contribution in [2.75, 3.05) is 0 Å². The summed E-state index contributed by atoms with van der Waals surface area (Å²) in [6, 6.07) is 3.14. The molecular weight excluding hydrogens is 279 g/mol. The van der Waals surface area contributed by atoms with E-state index < -0.39 is 0 Å². The van der Waals surface area contributed by atoms with Crippen molar-refractivity contribution in [1.82, 2.24) is 0 Å². The van der Waals surface area contributed by atoms with Gasteiger partial charge in [-0.1, -0.05) is 77.3 Å². The molecule has 3 heteroatoms. The van der Waals surface area contributed by atoms with Crippen LogP contribution in [0.4, 0.5) is 0 Å². The van der Waals surface area contributed by atoms with Crippen LogP contribution in [0.1, 0.15) is 71.6 Å². The van der Waals surface area contributed by atoms with Crippen LogP contribution < -0.4 is 0 Å². The lowest BCUT2D eigenvalue weighted by Crippen LogP contribution is -1.98. The Morgan fingerprint density at radius 3 is 2.00 bits per heavy atom. The Bertz CT molecular complexity index is 163. The molecule has 0 saturated carbocycles. The van der Waals surface area contributed by atoms with E-state index in [0.29, 0.717) is 0 Å². The van der Waals surface area contributed by atoms with Crippen molar-refractivity contribution in [1.29, 1.82) is 0 Å². The van der Waals surface area contributed by atoms with E-state index in [1.54, 1.807) is 12.1 Å². The van der Waals surface area contributed by atoms with Gasteiger partial charge in [-0.2, -0.15) is 0 Å². The Hall–Kier alpha value is 0.797. The second kappa shape index (κ2) is 14.2. The average molecular weight is 311 g/mol. The van der Waals surface area contributed by atoms with Crippen LogP contribution in [-0.4, -0.2) is 14.4 Å². The highest BCUT2D eigenvalue weighted by atomic mass is 35.5. The van der Waals surface area contributed by atoms with E-state index in [4.69, 9.17) is 23.2 Å². The number of alkyl halides is 2. The molecule has 0 saturated heterocycles. The van der Waals surface area contributed by atoms with Crippen LogP contribution in [0.2, 0.25) is 12.1 Å². The van der Waals surface area contributed by atoms with Crippen LogP contribution in [0.25, 0.3) is 0 Å². The molecule has 0 aromatic rings. The molecular formula is C15H32Cl2Si. The van der Waals surface area contributed by atoms with E-state index in [2.05, 4.69) is 13.8 Å². The maximum atomic E-state index is 5.69. The second-order valence-electron chi connectivity index (χ2n) is 5.66. The van der Waals surface area contributed by atoms with Crippen LogP contribution in [0.5, 0.6) is 0 Å². The van der Waals surface area contributed by atoms with Gasteiger partial charge in [-0.15, -0.1) is 23.2 Å². The van der Waals surface area contributed by atoms with E-state index in [9.17, 15) is 0 Å². The molecule has 0 bridgehead atoms. The molecule has 0 fully saturated rings. The summed E-state index contributed by atoms with van der Waals surface area (Å²) in [5.74, 6) is 0.990. The highest BCUT2D eigenvalue weighted by Crippen LogP contribution is 2.15. The van der Waals surface area contributed by atoms with Gasteiger partial charge in [0.25, 0.3) is 0 Å². The first-order chi connectivity index (χ1) is 8.66. The van der Waals surface area contributed by atoms with Crippen LogP contribution in [-0.2, 0) is 0 Å². The maximum absolute atomic E-state index is 5.69. The molecule has 0 heterocycles. The zero-order valence-corrected chi connectivity index (χ0v) is 15.3. The van der Waals surface area contributed by atoms with Gasteiger partial charge in [0.05, 0.1) is 0 Å². The minimum atomic E-state index is -0.152. The van der Waals surface area contributed by atoms with Crippen LogP contribution in [0.3, 0.4) is 0 Å². The highest BCUT2D eigenvalue weighted by molar-refractivity contribution is 6.44. The number of hydrogen-bond donors (Lipinski definition) is 0. The lowest BCUT2D eigenvalue weighted by Gasteiger charge is -2.06. The number of rotatable bonds is 13. The minimum absolute atomic E-state index is 0.152. The van der Waals surface area contributed by atoms with Crippen LogP contribution >= 0.6 is 23.2 Å². The summed E-state index contributed by atoms with van der Waals surface area (Å²) < 4.78 is 0. The fourth-order valence-corrected chi connectivity index (χ4v) is 4.64. The Balaban J connectivity index is 2.99. The SMILES string of the molecule is CC[C@H](C)C[SiH2]CCCCCCCCCC(Cl)Cl. The Morgan fingerprint density at radius 1 is 0.889 bits per heavy atom. The monoisotopic (exact) mass is 310 g/mol. The molecule has 0 N–H and O–H groups in total. The van der Waals surface area contributed by atoms with Gasteiger partial charge in [-0.3, -0.25) is 0 Å². The molecule has 110 valence electrons. The molecule has 0 unspecified atom stereocenters. The molecule has 0 nitrogen and oxygen atoms in total. The van der Waals surface area contributed by atoms with Crippen LogP contribution in [0.15, 0.2) is 0 Å². The number of unbranched alkanes of at least 4 members (excludes halogenated alkanes) is 6. The average Bonchev–Trinajstić information content (AvgIpc) is 2.35. The number of halogens is 2. The summed E-state index contributed by atoms with van der Waals surface area (Å²) in [6.07, 6.45) is 12.0. The minimum Gasteiger partial charge on any atom is -0.105 e. The summed E-state index contributed by atoms with van der Waals surface area (Å²) in [4.78, 5) is -0.152. The summed E-state index contributed by atoms with van der Waals surface area (Å²) >= 11 is 11.4. The van der Waals surface area contributed by atoms with E-state index in [-0.39, 0.29) is 14.4 Å². The third-order valence-electron chi connectivity index (χ3n) is 3.82. The third kappa shape index (κ3) is 14.9. The first kappa shape index (κ1) is 18.8. The topological polar surface area (TPSA) is 0 Å². The first-order valence-electron chi connectivity index (χ1n) is 7.95. The van der Waals surface area contributed by atoms with Gasteiger partial charge in [-0.05, 0) is 12.3 Å². The quantitative estimate of drug-likeness (QED) is 0.223. The zero-order chi connectivity index (χ0) is 13.6. The number of hydrogen-bond acceptors (Lipinski definition) is 0. The fourth-order valence-electron chi connectivity index (χ4n) is 2.23. The summed E-state index contributed by atoms with van der Waals surface area (Å²) in [5, 5.41) is 0. The first-order valence-corrected chi connectivity index (χ1v) is 10.8. The van der Waals surface area contributed by atoms with Gasteiger partial charge in [0.2, 0.25) is 0 Å². The fraction of sp³-hybridized carbons (Fsp3) is 1.00. The maximum Gasteiger partial charge on any atom is 0.107 e. The van der Waals surface area contributed by atoms with Gasteiger partial charge in [-0.25, -0.2) is 0 Å². The molecule has 0 rings (SSSR count). The van der Waals surface area contributed by atoms with Crippen LogP contribution in [0, 0.1) is 5.92 Å². The summed E-state index contributed by atoms with van der Waals surface area (Å²) in [6.45, 7) is 4.72. The molecule has 0 aliphatic heterocycles. The van der Waals surface area contributed by atoms with E-state index in [0.717, 1.165) is 12.3 Å². The van der Waals surface area contributed by atoms with Gasteiger partial charge in [0.15, 0.2) is 0 Å². The molecule has 0 aliphatic carbocycles. The largest absolute Gasteiger partial charge is 0.107 e. The molecule has 0 radical (unpaired) electrons. The molecule has 0 aromatic heterocycles. The Labute approximate surface area is 127 Å². The van der Waals surface area contributed by atoms with E-state index in [1.807, 2.05) is 0 Å². The molecule has 0 spiro atoms. The normalized spacial score (nSPS) is 13.8. The van der Waals surface area contributed by atoms with Crippen molar-refractivity contribution in [3.63, 3.8) is 0 Å². The molecule has 0 aromatic carbocycles. The zero-order valence-electron chi connectivity index (χ0n) is 12.4. The predicted octanol–water partition coefficient (Wildman–Crippen LogP) is 5.96. The third-order valence-corrected chi connectivity index (χ3v) is 6.65. The Morgan fingerprint density at radius 2 is 1.44 bits per heavy atom. The van der Waals surface area contributed by atoms with E-state index >= 15 is 0 Å². The molecule has 1 atom stereocenters. The summed E-state index contributed by atoms with van der Waals surface area (Å²) in [5.41, 5.74) is 0. The second-order valence-corrected chi connectivity index (χ2v) is 8.93. The van der Waals surface area contributed by atoms with E-state index in [1.165, 1.54) is 51.4 Å². The van der Waals surface area contributed by atoms with Gasteiger partial charge in [0, 0.05) is 9.52 Å². The van der Waals surface area contributed by atoms with Gasteiger partial charge in [0.1, 0.15) is 4.84 Å². The smallest absolute Gasteiger partial charge is 0.105 e. The standard InChI is InChI=1S/C15H32Cl2Si/c1-3-14(2)13-18-12-10-8-6-4-5-7-9-11-15(16)17/h14-15H,3-13,18H2,1-2H3/t14-/m0/s1.